The molecule has 0 aliphatic rings. The zero-order chi connectivity index (χ0) is 10.1. The Morgan fingerprint density at radius 2 is 1.54 bits per heavy atom. The lowest BCUT2D eigenvalue weighted by atomic mass is 10.3. The summed E-state index contributed by atoms with van der Waals surface area (Å²) >= 11 is 23.0. The van der Waals surface area contributed by atoms with Gasteiger partial charge in [-0.15, -0.1) is 0 Å². The number of rotatable bonds is 1. The molecule has 0 aliphatic heterocycles. The van der Waals surface area contributed by atoms with Gasteiger partial charge in [0.25, 0.3) is 0 Å². The van der Waals surface area contributed by atoms with Crippen LogP contribution in [0, 0.1) is 0 Å². The average Bonchev–Trinajstić information content (AvgIpc) is 1.95. The summed E-state index contributed by atoms with van der Waals surface area (Å²) in [7, 11) is 0. The van der Waals surface area contributed by atoms with E-state index in [4.69, 9.17) is 39.5 Å². The number of ether oxygens (including phenoxy) is 1. The summed E-state index contributed by atoms with van der Waals surface area (Å²) in [4.78, 5) is 0. The van der Waals surface area contributed by atoms with Crippen LogP contribution < -0.4 is 4.74 Å². The molecule has 0 saturated carbocycles. The van der Waals surface area contributed by atoms with E-state index in [0.29, 0.717) is 14.7 Å². The van der Waals surface area contributed by atoms with Crippen LogP contribution in [-0.2, 0) is 0 Å². The third-order valence-corrected chi connectivity index (χ3v) is 2.62. The van der Waals surface area contributed by atoms with E-state index in [0.717, 1.165) is 0 Å². The summed E-state index contributed by atoms with van der Waals surface area (Å²) in [5.74, 6) is 0.461. The van der Waals surface area contributed by atoms with Gasteiger partial charge >= 0.3 is 3.98 Å². The highest BCUT2D eigenvalue weighted by Crippen LogP contribution is 2.39. The lowest BCUT2D eigenvalue weighted by molar-refractivity contribution is 0.316. The summed E-state index contributed by atoms with van der Waals surface area (Å²) in [6.07, 6.45) is 0. The van der Waals surface area contributed by atoms with Gasteiger partial charge in [0.15, 0.2) is 5.75 Å². The summed E-state index contributed by atoms with van der Waals surface area (Å²) in [6.45, 7) is 0. The smallest absolute Gasteiger partial charge is 0.338 e. The number of para-hydroxylation sites is 1. The van der Waals surface area contributed by atoms with Gasteiger partial charge in [-0.25, -0.2) is 0 Å². The van der Waals surface area contributed by atoms with Gasteiger partial charge in [-0.1, -0.05) is 6.07 Å². The van der Waals surface area contributed by atoms with Gasteiger partial charge in [-0.3, -0.25) is 0 Å². The minimum atomic E-state index is -1.76. The van der Waals surface area contributed by atoms with Crippen LogP contribution in [0.25, 0.3) is 0 Å². The first-order valence-electron chi connectivity index (χ1n) is 3.10. The molecule has 0 radical (unpaired) electrons. The highest BCUT2D eigenvalue weighted by Gasteiger charge is 2.24. The maximum atomic E-state index is 5.48. The third-order valence-electron chi connectivity index (χ3n) is 1.14. The molecule has 0 unspecified atom stereocenters. The van der Waals surface area contributed by atoms with Gasteiger partial charge in [0.2, 0.25) is 0 Å². The Kier molecular flexibility index (Phi) is 4.20. The summed E-state index contributed by atoms with van der Waals surface area (Å²) in [5, 5.41) is 0. The molecular weight excluding hydrogens is 366 g/mol. The van der Waals surface area contributed by atoms with Crippen LogP contribution in [0.4, 0.5) is 0 Å². The molecule has 1 rings (SSSR count). The molecule has 0 saturated heterocycles. The molecule has 1 aromatic carbocycles. The Balaban J connectivity index is 3.00. The molecule has 0 N–H and O–H groups in total. The molecule has 0 aromatic heterocycles. The predicted molar refractivity (Wildman–Crippen MR) is 62.8 cm³/mol. The Morgan fingerprint density at radius 1 is 1.08 bits per heavy atom. The first-order valence-corrected chi connectivity index (χ1v) is 5.82. The molecule has 0 atom stereocenters. The van der Waals surface area contributed by atoms with Gasteiger partial charge in [0, 0.05) is 0 Å². The molecule has 6 heteroatoms. The number of hydrogen-bond donors (Lipinski definition) is 0. The van der Waals surface area contributed by atoms with E-state index in [-0.39, 0.29) is 0 Å². The van der Waals surface area contributed by atoms with Gasteiger partial charge in [0.1, 0.15) is 0 Å². The van der Waals surface area contributed by atoms with E-state index in [1.807, 2.05) is 6.07 Å². The fourth-order valence-electron chi connectivity index (χ4n) is 0.696. The SMILES string of the molecule is ClC(Cl)(Cl)Oc1c(Br)cccc1Br. The molecule has 0 heterocycles. The normalized spacial score (nSPS) is 11.5. The molecule has 0 spiro atoms. The maximum Gasteiger partial charge on any atom is 0.338 e. The average molecular weight is 369 g/mol. The fourth-order valence-corrected chi connectivity index (χ4v) is 2.09. The van der Waals surface area contributed by atoms with Gasteiger partial charge in [0.05, 0.1) is 8.95 Å². The van der Waals surface area contributed by atoms with Gasteiger partial charge < -0.3 is 4.74 Å². The van der Waals surface area contributed by atoms with Crippen molar-refractivity contribution in [2.75, 3.05) is 0 Å². The van der Waals surface area contributed by atoms with E-state index in [9.17, 15) is 0 Å². The van der Waals surface area contributed by atoms with E-state index in [1.54, 1.807) is 12.1 Å². The summed E-state index contributed by atoms with van der Waals surface area (Å²) in [6, 6.07) is 5.41. The quantitative estimate of drug-likeness (QED) is 0.639. The third kappa shape index (κ3) is 3.84. The van der Waals surface area contributed by atoms with E-state index >= 15 is 0 Å². The van der Waals surface area contributed by atoms with Crippen molar-refractivity contribution in [3.63, 3.8) is 0 Å². The molecule has 1 aromatic rings. The second kappa shape index (κ2) is 4.58. The molecule has 0 bridgehead atoms. The number of alkyl halides is 3. The van der Waals surface area contributed by atoms with Gasteiger partial charge in [-0.05, 0) is 78.8 Å². The largest absolute Gasteiger partial charge is 0.443 e. The van der Waals surface area contributed by atoms with E-state index in [2.05, 4.69) is 31.9 Å². The first kappa shape index (κ1) is 11.9. The van der Waals surface area contributed by atoms with Crippen molar-refractivity contribution in [2.24, 2.45) is 0 Å². The standard InChI is InChI=1S/C7H3Br2Cl3O/c8-4-2-1-3-5(9)6(4)13-7(10,11)12/h1-3H. The second-order valence-corrected chi connectivity index (χ2v) is 5.98. The topological polar surface area (TPSA) is 9.23 Å². The van der Waals surface area contributed by atoms with Crippen molar-refractivity contribution < 1.29 is 4.74 Å². The van der Waals surface area contributed by atoms with Crippen LogP contribution in [-0.4, -0.2) is 3.98 Å². The highest BCUT2D eigenvalue weighted by molar-refractivity contribution is 9.11. The first-order chi connectivity index (χ1) is 5.90. The minimum absolute atomic E-state index is 0.461. The lowest BCUT2D eigenvalue weighted by Crippen LogP contribution is -2.13. The minimum Gasteiger partial charge on any atom is -0.443 e. The highest BCUT2D eigenvalue weighted by atomic mass is 79.9. The monoisotopic (exact) mass is 366 g/mol. The van der Waals surface area contributed by atoms with Crippen LogP contribution in [0.2, 0.25) is 0 Å². The Labute approximate surface area is 108 Å². The number of benzene rings is 1. The molecule has 0 aliphatic carbocycles. The summed E-state index contributed by atoms with van der Waals surface area (Å²) < 4.78 is 4.74. The molecule has 1 nitrogen and oxygen atoms in total. The molecule has 0 fully saturated rings. The van der Waals surface area contributed by atoms with Crippen molar-refractivity contribution in [1.29, 1.82) is 0 Å². The van der Waals surface area contributed by atoms with Crippen LogP contribution in [0.5, 0.6) is 5.75 Å². The fraction of sp³-hybridized carbons (Fsp3) is 0.143. The van der Waals surface area contributed by atoms with Gasteiger partial charge in [-0.2, -0.15) is 0 Å². The molecule has 13 heavy (non-hydrogen) atoms. The molecular formula is C7H3Br2Cl3O. The van der Waals surface area contributed by atoms with E-state index in [1.165, 1.54) is 0 Å². The van der Waals surface area contributed by atoms with Crippen molar-refractivity contribution in [3.05, 3.63) is 27.1 Å². The second-order valence-electron chi connectivity index (χ2n) is 2.10. The molecule has 72 valence electrons. The van der Waals surface area contributed by atoms with Crippen LogP contribution >= 0.6 is 66.7 Å². The van der Waals surface area contributed by atoms with Crippen molar-refractivity contribution in [2.45, 2.75) is 3.98 Å². The van der Waals surface area contributed by atoms with Crippen LogP contribution in [0.1, 0.15) is 0 Å². The summed E-state index contributed by atoms with van der Waals surface area (Å²) in [5.41, 5.74) is 0. The van der Waals surface area contributed by atoms with Crippen molar-refractivity contribution in [3.8, 4) is 5.75 Å². The zero-order valence-corrected chi connectivity index (χ0v) is 11.5. The number of halogens is 5. The Morgan fingerprint density at radius 3 is 1.92 bits per heavy atom. The Bertz CT molecular complexity index is 291. The Hall–Kier alpha value is 0.850. The number of hydrogen-bond acceptors (Lipinski definition) is 1. The van der Waals surface area contributed by atoms with Crippen molar-refractivity contribution >= 4 is 66.7 Å². The predicted octanol–water partition coefficient (Wildman–Crippen LogP) is 4.92. The van der Waals surface area contributed by atoms with Crippen LogP contribution in [0.15, 0.2) is 27.1 Å². The molecule has 0 amide bonds. The van der Waals surface area contributed by atoms with Crippen LogP contribution in [0.3, 0.4) is 0 Å². The lowest BCUT2D eigenvalue weighted by Gasteiger charge is -2.15. The van der Waals surface area contributed by atoms with Crippen molar-refractivity contribution in [1.82, 2.24) is 0 Å². The zero-order valence-electron chi connectivity index (χ0n) is 6.03. The van der Waals surface area contributed by atoms with E-state index < -0.39 is 3.98 Å². The maximum absolute atomic E-state index is 5.48.